The molecule has 118 valence electrons. The minimum atomic E-state index is -3.92. The molecule has 0 saturated heterocycles. The molecule has 0 radical (unpaired) electrons. The quantitative estimate of drug-likeness (QED) is 0.748. The minimum absolute atomic E-state index is 0.0801. The van der Waals surface area contributed by atoms with Crippen molar-refractivity contribution < 1.29 is 17.9 Å². The number of carbonyl (C=O) groups is 1. The molecule has 1 rings (SSSR count). The molecule has 0 bridgehead atoms. The van der Waals surface area contributed by atoms with Gasteiger partial charge >= 0.3 is 0 Å². The number of hydrogen-bond donors (Lipinski definition) is 1. The third-order valence-electron chi connectivity index (χ3n) is 3.02. The summed E-state index contributed by atoms with van der Waals surface area (Å²) in [6, 6.07) is 2.70. The standard InChI is InChI=1S/C13H17BrClNO4S/c1-4-10(7-20-3)16-13(17)9-5-11(14)8(2)12(6-9)21(15,18)19/h5-6,10H,4,7H2,1-3H3,(H,16,17). The van der Waals surface area contributed by atoms with Gasteiger partial charge in [-0.15, -0.1) is 0 Å². The van der Waals surface area contributed by atoms with Crippen LogP contribution in [0.4, 0.5) is 0 Å². The number of carbonyl (C=O) groups excluding carboxylic acids is 1. The lowest BCUT2D eigenvalue weighted by atomic mass is 10.1. The molecule has 5 nitrogen and oxygen atoms in total. The predicted molar refractivity (Wildman–Crippen MR) is 85.3 cm³/mol. The smallest absolute Gasteiger partial charge is 0.261 e. The summed E-state index contributed by atoms with van der Waals surface area (Å²) < 4.78 is 28.6. The summed E-state index contributed by atoms with van der Waals surface area (Å²) in [6.45, 7) is 3.92. The average molecular weight is 399 g/mol. The van der Waals surface area contributed by atoms with Gasteiger partial charge in [0.05, 0.1) is 17.5 Å². The highest BCUT2D eigenvalue weighted by Crippen LogP contribution is 2.28. The molecule has 0 saturated carbocycles. The molecule has 8 heteroatoms. The summed E-state index contributed by atoms with van der Waals surface area (Å²) in [6.07, 6.45) is 0.702. The van der Waals surface area contributed by atoms with Gasteiger partial charge in [0.1, 0.15) is 0 Å². The Balaban J connectivity index is 3.14. The second kappa shape index (κ2) is 7.58. The van der Waals surface area contributed by atoms with Gasteiger partial charge in [-0.2, -0.15) is 0 Å². The van der Waals surface area contributed by atoms with Crippen LogP contribution in [0.15, 0.2) is 21.5 Å². The summed E-state index contributed by atoms with van der Waals surface area (Å²) in [5.74, 6) is -0.374. The zero-order valence-corrected chi connectivity index (χ0v) is 15.1. The van der Waals surface area contributed by atoms with Gasteiger partial charge in [0.15, 0.2) is 0 Å². The van der Waals surface area contributed by atoms with E-state index in [0.29, 0.717) is 23.1 Å². The van der Waals surface area contributed by atoms with Crippen LogP contribution >= 0.6 is 26.6 Å². The lowest BCUT2D eigenvalue weighted by molar-refractivity contribution is 0.0894. The number of ether oxygens (including phenoxy) is 1. The fourth-order valence-corrected chi connectivity index (χ4v) is 3.59. The molecular weight excluding hydrogens is 382 g/mol. The van der Waals surface area contributed by atoms with Crippen molar-refractivity contribution in [2.45, 2.75) is 31.2 Å². The van der Waals surface area contributed by atoms with E-state index in [-0.39, 0.29) is 22.4 Å². The summed E-state index contributed by atoms with van der Waals surface area (Å²) >= 11 is 3.24. The number of nitrogens with one attached hydrogen (secondary N) is 1. The monoisotopic (exact) mass is 397 g/mol. The SMILES string of the molecule is CCC(COC)NC(=O)c1cc(Br)c(C)c(S(=O)(=O)Cl)c1. The topological polar surface area (TPSA) is 72.5 Å². The molecule has 1 atom stereocenters. The van der Waals surface area contributed by atoms with Gasteiger partial charge in [-0.25, -0.2) is 8.42 Å². The first kappa shape index (κ1) is 18.4. The van der Waals surface area contributed by atoms with Crippen molar-refractivity contribution >= 4 is 41.6 Å². The maximum Gasteiger partial charge on any atom is 0.261 e. The van der Waals surface area contributed by atoms with Crippen LogP contribution in [0, 0.1) is 6.92 Å². The number of amides is 1. The highest BCUT2D eigenvalue weighted by molar-refractivity contribution is 9.10. The van der Waals surface area contributed by atoms with Gasteiger partial charge in [0.2, 0.25) is 0 Å². The molecule has 0 aliphatic carbocycles. The molecule has 1 aromatic carbocycles. The van der Waals surface area contributed by atoms with Crippen molar-refractivity contribution in [2.24, 2.45) is 0 Å². The summed E-state index contributed by atoms with van der Waals surface area (Å²) in [5.41, 5.74) is 0.687. The van der Waals surface area contributed by atoms with Crippen LogP contribution in [0.3, 0.4) is 0 Å². The minimum Gasteiger partial charge on any atom is -0.383 e. The maximum absolute atomic E-state index is 12.2. The molecule has 0 spiro atoms. The highest BCUT2D eigenvalue weighted by Gasteiger charge is 2.20. The van der Waals surface area contributed by atoms with Gasteiger partial charge in [-0.05, 0) is 31.0 Å². The number of methoxy groups -OCH3 is 1. The Morgan fingerprint density at radius 1 is 1.48 bits per heavy atom. The van der Waals surface area contributed by atoms with Gasteiger partial charge < -0.3 is 10.1 Å². The predicted octanol–water partition coefficient (Wildman–Crippen LogP) is 2.84. The Kier molecular flexibility index (Phi) is 6.65. The molecule has 0 aliphatic heterocycles. The van der Waals surface area contributed by atoms with Crippen molar-refractivity contribution in [3.05, 3.63) is 27.7 Å². The van der Waals surface area contributed by atoms with Crippen molar-refractivity contribution in [2.75, 3.05) is 13.7 Å². The first-order valence-corrected chi connectivity index (χ1v) is 9.35. The molecule has 1 aromatic rings. The zero-order chi connectivity index (χ0) is 16.2. The van der Waals surface area contributed by atoms with Crippen molar-refractivity contribution in [1.29, 1.82) is 0 Å². The fourth-order valence-electron chi connectivity index (χ4n) is 1.77. The van der Waals surface area contributed by atoms with Crippen LogP contribution < -0.4 is 5.32 Å². The molecule has 1 amide bonds. The van der Waals surface area contributed by atoms with E-state index in [4.69, 9.17) is 15.4 Å². The van der Waals surface area contributed by atoms with Crippen LogP contribution in [-0.4, -0.2) is 34.1 Å². The van der Waals surface area contributed by atoms with Gasteiger partial charge in [-0.3, -0.25) is 4.79 Å². The van der Waals surface area contributed by atoms with E-state index in [1.54, 1.807) is 20.1 Å². The third-order valence-corrected chi connectivity index (χ3v) is 5.29. The number of hydrogen-bond acceptors (Lipinski definition) is 4. The molecule has 1 unspecified atom stereocenters. The fraction of sp³-hybridized carbons (Fsp3) is 0.462. The highest BCUT2D eigenvalue weighted by atomic mass is 79.9. The lowest BCUT2D eigenvalue weighted by Gasteiger charge is -2.16. The third kappa shape index (κ3) is 4.95. The molecule has 1 N–H and O–H groups in total. The zero-order valence-electron chi connectivity index (χ0n) is 11.9. The van der Waals surface area contributed by atoms with E-state index in [2.05, 4.69) is 21.2 Å². The molecule has 0 fully saturated rings. The van der Waals surface area contributed by atoms with Crippen LogP contribution in [0.2, 0.25) is 0 Å². The molecular formula is C13H17BrClNO4S. The Bertz CT molecular complexity index is 633. The Morgan fingerprint density at radius 3 is 2.57 bits per heavy atom. The van der Waals surface area contributed by atoms with Crippen molar-refractivity contribution in [3.63, 3.8) is 0 Å². The average Bonchev–Trinajstić information content (AvgIpc) is 2.39. The summed E-state index contributed by atoms with van der Waals surface area (Å²) in [7, 11) is 3.03. The van der Waals surface area contributed by atoms with Crippen LogP contribution in [0.1, 0.15) is 29.3 Å². The van der Waals surface area contributed by atoms with E-state index in [1.165, 1.54) is 6.07 Å². The van der Waals surface area contributed by atoms with Gasteiger partial charge in [-0.1, -0.05) is 22.9 Å². The number of benzene rings is 1. The van der Waals surface area contributed by atoms with Crippen LogP contribution in [0.25, 0.3) is 0 Å². The number of halogens is 2. The maximum atomic E-state index is 12.2. The number of rotatable bonds is 6. The largest absolute Gasteiger partial charge is 0.383 e. The van der Waals surface area contributed by atoms with Crippen molar-refractivity contribution in [1.82, 2.24) is 5.32 Å². The normalized spacial score (nSPS) is 13.0. The molecule has 0 aromatic heterocycles. The first-order valence-electron chi connectivity index (χ1n) is 6.25. The van der Waals surface area contributed by atoms with E-state index < -0.39 is 9.05 Å². The van der Waals surface area contributed by atoms with Crippen LogP contribution in [-0.2, 0) is 13.8 Å². The van der Waals surface area contributed by atoms with E-state index in [0.717, 1.165) is 0 Å². The lowest BCUT2D eigenvalue weighted by Crippen LogP contribution is -2.37. The second-order valence-corrected chi connectivity index (χ2v) is 7.94. The van der Waals surface area contributed by atoms with Gasteiger partial charge in [0.25, 0.3) is 15.0 Å². The summed E-state index contributed by atoms with van der Waals surface area (Å²) in [5, 5.41) is 2.79. The van der Waals surface area contributed by atoms with E-state index in [9.17, 15) is 13.2 Å². The van der Waals surface area contributed by atoms with E-state index >= 15 is 0 Å². The summed E-state index contributed by atoms with van der Waals surface area (Å²) in [4.78, 5) is 12.1. The molecule has 0 aliphatic rings. The Labute approximate surface area is 137 Å². The second-order valence-electron chi connectivity index (χ2n) is 4.55. The molecule has 0 heterocycles. The first-order chi connectivity index (χ1) is 9.70. The van der Waals surface area contributed by atoms with Crippen LogP contribution in [0.5, 0.6) is 0 Å². The van der Waals surface area contributed by atoms with E-state index in [1.807, 2.05) is 6.92 Å². The Morgan fingerprint density at radius 2 is 2.10 bits per heavy atom. The molecule has 21 heavy (non-hydrogen) atoms. The Hall–Kier alpha value is -0.630. The van der Waals surface area contributed by atoms with Crippen molar-refractivity contribution in [3.8, 4) is 0 Å². The van der Waals surface area contributed by atoms with Gasteiger partial charge in [0, 0.05) is 27.8 Å².